The molecule has 3 heteroatoms. The summed E-state index contributed by atoms with van der Waals surface area (Å²) in [6, 6.07) is 8.62. The van der Waals surface area contributed by atoms with Crippen LogP contribution < -0.4 is 5.73 Å². The predicted molar refractivity (Wildman–Crippen MR) is 86.8 cm³/mol. The van der Waals surface area contributed by atoms with Gasteiger partial charge in [-0.1, -0.05) is 45.0 Å². The van der Waals surface area contributed by atoms with Crippen LogP contribution in [0, 0.1) is 5.92 Å². The minimum Gasteiger partial charge on any atom is -0.334 e. The summed E-state index contributed by atoms with van der Waals surface area (Å²) in [6.45, 7) is 7.06. The molecule has 1 aromatic rings. The highest BCUT2D eigenvalue weighted by atomic mass is 16.2. The summed E-state index contributed by atoms with van der Waals surface area (Å²) in [4.78, 5) is 14.6. The van der Waals surface area contributed by atoms with Crippen LogP contribution in [0.2, 0.25) is 0 Å². The molecule has 0 heterocycles. The van der Waals surface area contributed by atoms with Crippen molar-refractivity contribution in [2.75, 3.05) is 0 Å². The fourth-order valence-corrected chi connectivity index (χ4v) is 2.67. The van der Waals surface area contributed by atoms with Crippen LogP contribution in [0.25, 0.3) is 0 Å². The number of carbonyl (C=O) groups is 1. The van der Waals surface area contributed by atoms with E-state index < -0.39 is 0 Å². The van der Waals surface area contributed by atoms with Gasteiger partial charge in [0.1, 0.15) is 0 Å². The van der Waals surface area contributed by atoms with Crippen LogP contribution in [0.3, 0.4) is 0 Å². The molecule has 1 atom stereocenters. The van der Waals surface area contributed by atoms with Crippen molar-refractivity contribution in [1.29, 1.82) is 0 Å². The highest BCUT2D eigenvalue weighted by molar-refractivity contribution is 5.82. The molecule has 1 aliphatic carbocycles. The van der Waals surface area contributed by atoms with E-state index >= 15 is 0 Å². The molecule has 1 fully saturated rings. The van der Waals surface area contributed by atoms with E-state index in [1.807, 2.05) is 4.90 Å². The molecule has 0 bridgehead atoms. The van der Waals surface area contributed by atoms with E-state index in [4.69, 9.17) is 5.73 Å². The van der Waals surface area contributed by atoms with Crippen LogP contribution in [0.5, 0.6) is 0 Å². The van der Waals surface area contributed by atoms with E-state index in [-0.39, 0.29) is 11.9 Å². The lowest BCUT2D eigenvalue weighted by atomic mass is 10.0. The molecular weight excluding hydrogens is 260 g/mol. The third-order valence-electron chi connectivity index (χ3n) is 4.10. The van der Waals surface area contributed by atoms with Gasteiger partial charge in [-0.05, 0) is 42.7 Å². The van der Waals surface area contributed by atoms with Gasteiger partial charge in [0.2, 0.25) is 5.91 Å². The Balaban J connectivity index is 2.03. The number of nitrogens with two attached hydrogens (primary N) is 1. The van der Waals surface area contributed by atoms with Crippen molar-refractivity contribution in [3.63, 3.8) is 0 Å². The normalized spacial score (nSPS) is 16.0. The summed E-state index contributed by atoms with van der Waals surface area (Å²) >= 11 is 0. The Kier molecular flexibility index (Phi) is 5.40. The van der Waals surface area contributed by atoms with Crippen molar-refractivity contribution in [3.05, 3.63) is 35.4 Å². The first-order chi connectivity index (χ1) is 10.0. The first kappa shape index (κ1) is 16.0. The second-order valence-electron chi connectivity index (χ2n) is 6.60. The van der Waals surface area contributed by atoms with Crippen molar-refractivity contribution in [1.82, 2.24) is 4.90 Å². The molecule has 21 heavy (non-hydrogen) atoms. The number of amides is 1. The molecule has 3 nitrogen and oxygen atoms in total. The maximum atomic E-state index is 12.6. The monoisotopic (exact) mass is 288 g/mol. The number of rotatable bonds is 7. The molecule has 0 radical (unpaired) electrons. The molecule has 0 spiro atoms. The van der Waals surface area contributed by atoms with Crippen LogP contribution >= 0.6 is 0 Å². The van der Waals surface area contributed by atoms with Crippen LogP contribution in [0.15, 0.2) is 24.3 Å². The molecule has 2 rings (SSSR count). The number of hydrogen-bond donors (Lipinski definition) is 1. The zero-order valence-corrected chi connectivity index (χ0v) is 13.5. The van der Waals surface area contributed by atoms with Crippen LogP contribution in [-0.2, 0) is 17.8 Å². The van der Waals surface area contributed by atoms with Gasteiger partial charge in [-0.15, -0.1) is 0 Å². The smallest absolute Gasteiger partial charge is 0.240 e. The molecule has 116 valence electrons. The fourth-order valence-electron chi connectivity index (χ4n) is 2.67. The Bertz CT molecular complexity index is 463. The number of aryl methyl sites for hydroxylation is 1. The SMILES string of the molecule is CCc1ccc(CN(C(=O)[C@@H](N)CC(C)C)C2CC2)cc1. The Hall–Kier alpha value is -1.35. The largest absolute Gasteiger partial charge is 0.334 e. The van der Waals surface area contributed by atoms with Gasteiger partial charge in [-0.2, -0.15) is 0 Å². The van der Waals surface area contributed by atoms with Crippen molar-refractivity contribution >= 4 is 5.91 Å². The van der Waals surface area contributed by atoms with Crippen LogP contribution in [-0.4, -0.2) is 22.9 Å². The summed E-state index contributed by atoms with van der Waals surface area (Å²) < 4.78 is 0. The van der Waals surface area contributed by atoms with E-state index in [0.717, 1.165) is 25.7 Å². The summed E-state index contributed by atoms with van der Waals surface area (Å²) in [5, 5.41) is 0. The van der Waals surface area contributed by atoms with E-state index in [1.54, 1.807) is 0 Å². The number of carbonyl (C=O) groups excluding carboxylic acids is 1. The molecule has 0 aromatic heterocycles. The molecule has 1 saturated carbocycles. The zero-order chi connectivity index (χ0) is 15.4. The highest BCUT2D eigenvalue weighted by Gasteiger charge is 2.34. The minimum absolute atomic E-state index is 0.116. The van der Waals surface area contributed by atoms with Gasteiger partial charge in [0, 0.05) is 12.6 Å². The van der Waals surface area contributed by atoms with E-state index in [1.165, 1.54) is 11.1 Å². The number of nitrogens with zero attached hydrogens (tertiary/aromatic N) is 1. The third-order valence-corrected chi connectivity index (χ3v) is 4.10. The lowest BCUT2D eigenvalue weighted by molar-refractivity contribution is -0.134. The summed E-state index contributed by atoms with van der Waals surface area (Å²) in [7, 11) is 0. The predicted octanol–water partition coefficient (Wildman–Crippen LogP) is 3.11. The zero-order valence-electron chi connectivity index (χ0n) is 13.5. The molecule has 1 aliphatic rings. The van der Waals surface area contributed by atoms with Gasteiger partial charge < -0.3 is 10.6 Å². The summed E-state index contributed by atoms with van der Waals surface area (Å²) in [5.74, 6) is 0.569. The molecular formula is C18H28N2O. The van der Waals surface area contributed by atoms with E-state index in [9.17, 15) is 4.79 Å². The van der Waals surface area contributed by atoms with Crippen LogP contribution in [0.4, 0.5) is 0 Å². The topological polar surface area (TPSA) is 46.3 Å². The lowest BCUT2D eigenvalue weighted by Gasteiger charge is -2.26. The van der Waals surface area contributed by atoms with Crippen molar-refractivity contribution in [2.24, 2.45) is 11.7 Å². The lowest BCUT2D eigenvalue weighted by Crippen LogP contribution is -2.45. The molecule has 0 saturated heterocycles. The van der Waals surface area contributed by atoms with Gasteiger partial charge in [-0.25, -0.2) is 0 Å². The van der Waals surface area contributed by atoms with Gasteiger partial charge in [0.05, 0.1) is 6.04 Å². The van der Waals surface area contributed by atoms with Crippen molar-refractivity contribution < 1.29 is 4.79 Å². The van der Waals surface area contributed by atoms with Crippen LogP contribution in [0.1, 0.15) is 51.2 Å². The Morgan fingerprint density at radius 3 is 2.29 bits per heavy atom. The van der Waals surface area contributed by atoms with Gasteiger partial charge in [0.25, 0.3) is 0 Å². The first-order valence-electron chi connectivity index (χ1n) is 8.15. The second kappa shape index (κ2) is 7.08. The summed E-state index contributed by atoms with van der Waals surface area (Å²) in [6.07, 6.45) is 4.04. The highest BCUT2D eigenvalue weighted by Crippen LogP contribution is 2.29. The average Bonchev–Trinajstić information content (AvgIpc) is 3.28. The van der Waals surface area contributed by atoms with Gasteiger partial charge in [-0.3, -0.25) is 4.79 Å². The fraction of sp³-hybridized carbons (Fsp3) is 0.611. The Labute approximate surface area is 128 Å². The average molecular weight is 288 g/mol. The summed E-state index contributed by atoms with van der Waals surface area (Å²) in [5.41, 5.74) is 8.62. The number of benzene rings is 1. The maximum absolute atomic E-state index is 12.6. The molecule has 1 aromatic carbocycles. The van der Waals surface area contributed by atoms with Gasteiger partial charge in [0.15, 0.2) is 0 Å². The number of hydrogen-bond acceptors (Lipinski definition) is 2. The Morgan fingerprint density at radius 1 is 1.24 bits per heavy atom. The van der Waals surface area contributed by atoms with Crippen molar-refractivity contribution in [3.8, 4) is 0 Å². The quantitative estimate of drug-likeness (QED) is 0.838. The first-order valence-corrected chi connectivity index (χ1v) is 8.15. The molecule has 2 N–H and O–H groups in total. The van der Waals surface area contributed by atoms with Gasteiger partial charge >= 0.3 is 0 Å². The van der Waals surface area contributed by atoms with E-state index in [2.05, 4.69) is 45.0 Å². The second-order valence-corrected chi connectivity index (χ2v) is 6.60. The molecule has 0 unspecified atom stereocenters. The Morgan fingerprint density at radius 2 is 1.81 bits per heavy atom. The molecule has 0 aliphatic heterocycles. The van der Waals surface area contributed by atoms with E-state index in [0.29, 0.717) is 18.5 Å². The maximum Gasteiger partial charge on any atom is 0.240 e. The minimum atomic E-state index is -0.361. The third kappa shape index (κ3) is 4.57. The molecule has 1 amide bonds. The standard InChI is InChI=1S/C18H28N2O/c1-4-14-5-7-15(8-6-14)12-20(16-9-10-16)18(21)17(19)11-13(2)3/h5-8,13,16-17H,4,9-12,19H2,1-3H3/t17-/m0/s1. The van der Waals surface area contributed by atoms with Crippen molar-refractivity contribution in [2.45, 2.75) is 65.1 Å².